The number of aliphatic hydroxyl groups is 1. The van der Waals surface area contributed by atoms with Crippen molar-refractivity contribution < 1.29 is 33.7 Å². The molecule has 0 radical (unpaired) electrons. The molecule has 1 aromatic carbocycles. The third kappa shape index (κ3) is 6.66. The monoisotopic (exact) mass is 531 g/mol. The summed E-state index contributed by atoms with van der Waals surface area (Å²) >= 11 is 5.67. The molecule has 0 bridgehead atoms. The van der Waals surface area contributed by atoms with Gasteiger partial charge in [0.25, 0.3) is 5.91 Å². The van der Waals surface area contributed by atoms with Crippen LogP contribution in [-0.4, -0.2) is 76.8 Å². The molecule has 37 heavy (non-hydrogen) atoms. The minimum Gasteiger partial charge on any atom is -0.461 e. The van der Waals surface area contributed by atoms with Gasteiger partial charge in [-0.2, -0.15) is 0 Å². The molecular weight excluding hydrogens is 498 g/mol. The van der Waals surface area contributed by atoms with Crippen LogP contribution in [0.4, 0.5) is 5.69 Å². The molecule has 0 saturated carbocycles. The lowest BCUT2D eigenvalue weighted by Crippen LogP contribution is -2.35. The first-order valence-corrected chi connectivity index (χ1v) is 12.8. The number of thiocarbonyl (C=S) groups is 1. The Morgan fingerprint density at radius 3 is 2.41 bits per heavy atom. The van der Waals surface area contributed by atoms with Gasteiger partial charge in [0.15, 0.2) is 16.6 Å². The summed E-state index contributed by atoms with van der Waals surface area (Å²) < 4.78 is 16.1. The smallest absolute Gasteiger partial charge is 0.330 e. The van der Waals surface area contributed by atoms with Crippen LogP contribution < -0.4 is 9.64 Å². The average molecular weight is 532 g/mol. The van der Waals surface area contributed by atoms with E-state index in [0.29, 0.717) is 29.6 Å². The molecule has 0 spiro atoms. The van der Waals surface area contributed by atoms with E-state index >= 15 is 0 Å². The van der Waals surface area contributed by atoms with Gasteiger partial charge in [0.1, 0.15) is 25.9 Å². The molecule has 10 nitrogen and oxygen atoms in total. The first-order chi connectivity index (χ1) is 17.8. The molecule has 2 aliphatic heterocycles. The molecule has 1 fully saturated rings. The van der Waals surface area contributed by atoms with Crippen LogP contribution in [0.25, 0.3) is 0 Å². The molecule has 2 heterocycles. The van der Waals surface area contributed by atoms with E-state index in [9.17, 15) is 19.5 Å². The molecule has 2 aliphatic rings. The van der Waals surface area contributed by atoms with Crippen molar-refractivity contribution in [3.05, 3.63) is 48.5 Å². The van der Waals surface area contributed by atoms with Crippen LogP contribution in [0, 0.1) is 0 Å². The van der Waals surface area contributed by atoms with E-state index in [1.54, 1.807) is 39.0 Å². The number of aliphatic hydroxyl groups excluding tert-OH is 1. The van der Waals surface area contributed by atoms with Crippen molar-refractivity contribution in [1.82, 2.24) is 9.80 Å². The van der Waals surface area contributed by atoms with Gasteiger partial charge in [-0.3, -0.25) is 19.4 Å². The van der Waals surface area contributed by atoms with Crippen LogP contribution in [0.2, 0.25) is 0 Å². The molecule has 0 aliphatic carbocycles. The Balaban J connectivity index is 1.85. The van der Waals surface area contributed by atoms with Gasteiger partial charge in [-0.25, -0.2) is 4.79 Å². The molecular formula is C26H33N3O7S. The first-order valence-electron chi connectivity index (χ1n) is 12.4. The summed E-state index contributed by atoms with van der Waals surface area (Å²) in [5, 5.41) is 10.4. The highest BCUT2D eigenvalue weighted by Gasteiger charge is 2.44. The van der Waals surface area contributed by atoms with Crippen molar-refractivity contribution in [3.63, 3.8) is 0 Å². The van der Waals surface area contributed by atoms with E-state index < -0.39 is 18.0 Å². The van der Waals surface area contributed by atoms with Gasteiger partial charge >= 0.3 is 11.9 Å². The van der Waals surface area contributed by atoms with Crippen molar-refractivity contribution in [2.75, 3.05) is 37.7 Å². The number of hydrogen-bond donors (Lipinski definition) is 1. The van der Waals surface area contributed by atoms with Crippen LogP contribution in [0.3, 0.4) is 0 Å². The second kappa shape index (κ2) is 13.2. The molecule has 1 amide bonds. The summed E-state index contributed by atoms with van der Waals surface area (Å²) in [7, 11) is 0. The molecule has 0 aromatic heterocycles. The number of hydrogen-bond acceptors (Lipinski definition) is 9. The number of rotatable bonds is 13. The lowest BCUT2D eigenvalue weighted by Gasteiger charge is -2.23. The Morgan fingerprint density at radius 1 is 1.08 bits per heavy atom. The fourth-order valence-electron chi connectivity index (χ4n) is 3.83. The second-order valence-electron chi connectivity index (χ2n) is 8.58. The van der Waals surface area contributed by atoms with Gasteiger partial charge in [-0.1, -0.05) is 45.4 Å². The largest absolute Gasteiger partial charge is 0.461 e. The maximum absolute atomic E-state index is 13.6. The average Bonchev–Trinajstić information content (AvgIpc) is 3.36. The van der Waals surface area contributed by atoms with Gasteiger partial charge < -0.3 is 24.2 Å². The number of fused-ring (bicyclic) bond motifs is 1. The molecule has 11 heteroatoms. The SMILES string of the molecule is C=CC(=O)OCC(O)COC(=O)CN1C(=C2C(=O)N(CCCC)C(=S)N2CCCC)Oc2ccccc21. The number of ether oxygens (including phenoxy) is 3. The number of anilines is 1. The van der Waals surface area contributed by atoms with Crippen LogP contribution >= 0.6 is 12.2 Å². The summed E-state index contributed by atoms with van der Waals surface area (Å²) in [6.45, 7) is 7.43. The zero-order chi connectivity index (χ0) is 26.9. The Hall–Kier alpha value is -3.44. The number of esters is 2. The number of amides is 1. The maximum Gasteiger partial charge on any atom is 0.330 e. The molecule has 1 N–H and O–H groups in total. The van der Waals surface area contributed by atoms with E-state index in [4.69, 9.17) is 26.4 Å². The Labute approximate surface area is 222 Å². The van der Waals surface area contributed by atoms with E-state index in [0.717, 1.165) is 31.8 Å². The standard InChI is InChI=1S/C26H33N3O7S/c1-4-7-13-27-23(24(33)28(26(27)37)14-8-5-2)25-29(19-11-9-10-12-20(19)36-25)15-22(32)35-17-18(30)16-34-21(31)6-3/h6,9-12,18,30H,3-5,7-8,13-17H2,1-2H3. The van der Waals surface area contributed by atoms with E-state index in [1.807, 2.05) is 6.92 Å². The number of carbonyl (C=O) groups excluding carboxylic acids is 3. The van der Waals surface area contributed by atoms with Crippen molar-refractivity contribution in [3.8, 4) is 5.75 Å². The Kier molecular flexibility index (Phi) is 10.0. The number of benzene rings is 1. The predicted octanol–water partition coefficient (Wildman–Crippen LogP) is 2.72. The quantitative estimate of drug-likeness (QED) is 0.232. The van der Waals surface area contributed by atoms with Crippen LogP contribution in [0.1, 0.15) is 39.5 Å². The van der Waals surface area contributed by atoms with Crippen LogP contribution in [-0.2, 0) is 23.9 Å². The summed E-state index contributed by atoms with van der Waals surface area (Å²) in [4.78, 5) is 42.4. The number of unbranched alkanes of at least 4 members (excludes halogenated alkanes) is 2. The van der Waals surface area contributed by atoms with Gasteiger partial charge in [0, 0.05) is 19.2 Å². The molecule has 200 valence electrons. The van der Waals surface area contributed by atoms with Gasteiger partial charge in [0.05, 0.1) is 5.69 Å². The molecule has 1 aromatic rings. The highest BCUT2D eigenvalue weighted by Crippen LogP contribution is 2.41. The van der Waals surface area contributed by atoms with E-state index in [1.165, 1.54) is 0 Å². The highest BCUT2D eigenvalue weighted by atomic mass is 32.1. The van der Waals surface area contributed by atoms with Gasteiger partial charge in [0.2, 0.25) is 5.88 Å². The third-order valence-electron chi connectivity index (χ3n) is 5.77. The summed E-state index contributed by atoms with van der Waals surface area (Å²) in [6.07, 6.45) is 3.21. The highest BCUT2D eigenvalue weighted by molar-refractivity contribution is 7.80. The van der Waals surface area contributed by atoms with E-state index in [-0.39, 0.29) is 37.2 Å². The topological polar surface area (TPSA) is 109 Å². The Morgan fingerprint density at radius 2 is 1.73 bits per heavy atom. The third-order valence-corrected chi connectivity index (χ3v) is 6.21. The lowest BCUT2D eigenvalue weighted by atomic mass is 10.2. The van der Waals surface area contributed by atoms with Crippen molar-refractivity contribution >= 4 is 40.9 Å². The number of para-hydroxylation sites is 2. The van der Waals surface area contributed by atoms with Gasteiger partial charge in [-0.15, -0.1) is 0 Å². The first kappa shape index (κ1) is 28.1. The summed E-state index contributed by atoms with van der Waals surface area (Å²) in [6, 6.07) is 7.13. The van der Waals surface area contributed by atoms with Crippen molar-refractivity contribution in [2.24, 2.45) is 0 Å². The molecule has 3 rings (SSSR count). The minimum absolute atomic E-state index is 0.209. The molecule has 1 atom stereocenters. The molecule has 1 saturated heterocycles. The lowest BCUT2D eigenvalue weighted by molar-refractivity contribution is -0.148. The van der Waals surface area contributed by atoms with Crippen molar-refractivity contribution in [2.45, 2.75) is 45.6 Å². The number of nitrogens with zero attached hydrogens (tertiary/aromatic N) is 3. The Bertz CT molecular complexity index is 1070. The van der Waals surface area contributed by atoms with Crippen LogP contribution in [0.15, 0.2) is 48.5 Å². The van der Waals surface area contributed by atoms with Gasteiger partial charge in [-0.05, 0) is 37.2 Å². The molecule has 1 unspecified atom stereocenters. The zero-order valence-electron chi connectivity index (χ0n) is 21.2. The fourth-order valence-corrected chi connectivity index (χ4v) is 4.19. The van der Waals surface area contributed by atoms with Crippen LogP contribution in [0.5, 0.6) is 5.75 Å². The minimum atomic E-state index is -1.20. The summed E-state index contributed by atoms with van der Waals surface area (Å²) in [5.41, 5.74) is 0.888. The second-order valence-corrected chi connectivity index (χ2v) is 8.94. The zero-order valence-corrected chi connectivity index (χ0v) is 22.0. The fraction of sp³-hybridized carbons (Fsp3) is 0.462. The summed E-state index contributed by atoms with van der Waals surface area (Å²) in [5.74, 6) is -0.915. The number of carbonyl (C=O) groups is 3. The normalized spacial score (nSPS) is 17.5. The predicted molar refractivity (Wildman–Crippen MR) is 140 cm³/mol. The van der Waals surface area contributed by atoms with Crippen molar-refractivity contribution in [1.29, 1.82) is 0 Å². The van der Waals surface area contributed by atoms with E-state index in [2.05, 4.69) is 13.5 Å². The maximum atomic E-state index is 13.6.